The molecule has 2 fully saturated rings. The van der Waals surface area contributed by atoms with Gasteiger partial charge in [0.25, 0.3) is 0 Å². The van der Waals surface area contributed by atoms with E-state index in [-0.39, 0.29) is 0 Å². The lowest BCUT2D eigenvalue weighted by Gasteiger charge is -2.23. The summed E-state index contributed by atoms with van der Waals surface area (Å²) in [5, 5.41) is 5.01. The van der Waals surface area contributed by atoms with Crippen molar-refractivity contribution in [1.29, 1.82) is 0 Å². The van der Waals surface area contributed by atoms with Crippen molar-refractivity contribution in [2.24, 2.45) is 0 Å². The number of nitrogens with zero attached hydrogens (tertiary/aromatic N) is 3. The third-order valence-electron chi connectivity index (χ3n) is 4.67. The fraction of sp³-hybridized carbons (Fsp3) is 0.529. The van der Waals surface area contributed by atoms with Crippen molar-refractivity contribution in [3.63, 3.8) is 0 Å². The average Bonchev–Trinajstić information content (AvgIpc) is 3.12. The Kier molecular flexibility index (Phi) is 3.89. The van der Waals surface area contributed by atoms with E-state index in [4.69, 9.17) is 16.1 Å². The highest BCUT2D eigenvalue weighted by atomic mass is 35.5. The van der Waals surface area contributed by atoms with E-state index in [9.17, 15) is 0 Å². The molecule has 5 heteroatoms. The van der Waals surface area contributed by atoms with Crippen molar-refractivity contribution in [3.8, 4) is 0 Å². The van der Waals surface area contributed by atoms with Crippen LogP contribution in [0.25, 0.3) is 0 Å². The maximum Gasteiger partial charge on any atom is 0.229 e. The molecule has 1 saturated heterocycles. The molecule has 1 aliphatic carbocycles. The standard InChI is InChI=1S/C17H20ClN3O/c18-15-6-2-1-4-13(15)10-14-5-3-9-21(14)11-16-19-17(22-20-16)12-7-8-12/h1-2,4,6,12,14H,3,5,7-11H2. The van der Waals surface area contributed by atoms with Gasteiger partial charge in [0.1, 0.15) is 0 Å². The van der Waals surface area contributed by atoms with Gasteiger partial charge in [-0.05, 0) is 50.3 Å². The lowest BCUT2D eigenvalue weighted by Crippen LogP contribution is -2.31. The lowest BCUT2D eigenvalue weighted by molar-refractivity contribution is 0.234. The molecular formula is C17H20ClN3O. The molecule has 4 nitrogen and oxygen atoms in total. The normalized spacial score (nSPS) is 22.3. The van der Waals surface area contributed by atoms with Gasteiger partial charge in [0, 0.05) is 17.0 Å². The van der Waals surface area contributed by atoms with Gasteiger partial charge >= 0.3 is 0 Å². The monoisotopic (exact) mass is 317 g/mol. The van der Waals surface area contributed by atoms with Gasteiger partial charge in [0.15, 0.2) is 5.82 Å². The second kappa shape index (κ2) is 6.01. The molecule has 22 heavy (non-hydrogen) atoms. The molecule has 2 aliphatic rings. The highest BCUT2D eigenvalue weighted by Crippen LogP contribution is 2.39. The minimum Gasteiger partial charge on any atom is -0.339 e. The van der Waals surface area contributed by atoms with Crippen molar-refractivity contribution >= 4 is 11.6 Å². The number of likely N-dealkylation sites (tertiary alicyclic amines) is 1. The van der Waals surface area contributed by atoms with Crippen LogP contribution in [0.5, 0.6) is 0 Å². The predicted octanol–water partition coefficient (Wildman–Crippen LogP) is 3.81. The van der Waals surface area contributed by atoms with E-state index in [1.54, 1.807) is 0 Å². The maximum atomic E-state index is 6.30. The van der Waals surface area contributed by atoms with Crippen molar-refractivity contribution in [1.82, 2.24) is 15.0 Å². The summed E-state index contributed by atoms with van der Waals surface area (Å²) in [4.78, 5) is 7.01. The van der Waals surface area contributed by atoms with Crippen LogP contribution in [-0.4, -0.2) is 27.6 Å². The zero-order valence-electron chi connectivity index (χ0n) is 12.5. The maximum absolute atomic E-state index is 6.30. The van der Waals surface area contributed by atoms with Gasteiger partial charge < -0.3 is 4.52 Å². The Morgan fingerprint density at radius 2 is 2.09 bits per heavy atom. The molecule has 2 heterocycles. The van der Waals surface area contributed by atoms with E-state index in [2.05, 4.69) is 27.2 Å². The molecule has 1 aliphatic heterocycles. The average molecular weight is 318 g/mol. The number of hydrogen-bond acceptors (Lipinski definition) is 4. The fourth-order valence-electron chi connectivity index (χ4n) is 3.26. The summed E-state index contributed by atoms with van der Waals surface area (Å²) in [5.74, 6) is 2.18. The fourth-order valence-corrected chi connectivity index (χ4v) is 3.47. The van der Waals surface area contributed by atoms with Gasteiger partial charge in [0.2, 0.25) is 5.89 Å². The van der Waals surface area contributed by atoms with E-state index in [1.165, 1.54) is 31.2 Å². The Morgan fingerprint density at radius 3 is 2.91 bits per heavy atom. The van der Waals surface area contributed by atoms with Crippen LogP contribution in [0.2, 0.25) is 5.02 Å². The molecule has 1 aromatic heterocycles. The van der Waals surface area contributed by atoms with Gasteiger partial charge in [0.05, 0.1) is 6.54 Å². The highest BCUT2D eigenvalue weighted by Gasteiger charge is 2.31. The third kappa shape index (κ3) is 3.03. The molecule has 1 atom stereocenters. The first-order valence-corrected chi connectivity index (χ1v) is 8.47. The molecule has 0 spiro atoms. The summed E-state index contributed by atoms with van der Waals surface area (Å²) >= 11 is 6.30. The van der Waals surface area contributed by atoms with Crippen LogP contribution in [-0.2, 0) is 13.0 Å². The van der Waals surface area contributed by atoms with E-state index in [1.807, 2.05) is 12.1 Å². The van der Waals surface area contributed by atoms with Crippen LogP contribution in [0.15, 0.2) is 28.8 Å². The number of benzene rings is 1. The van der Waals surface area contributed by atoms with Gasteiger partial charge in [-0.25, -0.2) is 0 Å². The van der Waals surface area contributed by atoms with Gasteiger partial charge in [-0.15, -0.1) is 0 Å². The summed E-state index contributed by atoms with van der Waals surface area (Å²) in [6.45, 7) is 1.88. The molecule has 0 radical (unpaired) electrons. The van der Waals surface area contributed by atoms with E-state index in [0.29, 0.717) is 12.0 Å². The zero-order valence-corrected chi connectivity index (χ0v) is 13.3. The SMILES string of the molecule is Clc1ccccc1CC1CCCN1Cc1noc(C2CC2)n1. The molecule has 0 amide bonds. The second-order valence-electron chi connectivity index (χ2n) is 6.39. The van der Waals surface area contributed by atoms with Crippen LogP contribution in [0.1, 0.15) is 48.9 Å². The van der Waals surface area contributed by atoms with Crippen LogP contribution in [0.3, 0.4) is 0 Å². The summed E-state index contributed by atoms with van der Waals surface area (Å²) in [6, 6.07) is 8.65. The largest absolute Gasteiger partial charge is 0.339 e. The quantitative estimate of drug-likeness (QED) is 0.841. The number of aromatic nitrogens is 2. The lowest BCUT2D eigenvalue weighted by atomic mass is 10.0. The first-order chi connectivity index (χ1) is 10.8. The Labute approximate surface area is 135 Å². The van der Waals surface area contributed by atoms with Crippen molar-refractivity contribution < 1.29 is 4.52 Å². The van der Waals surface area contributed by atoms with E-state index < -0.39 is 0 Å². The first kappa shape index (κ1) is 14.2. The minimum atomic E-state index is 0.516. The summed E-state index contributed by atoms with van der Waals surface area (Å²) < 4.78 is 5.36. The van der Waals surface area contributed by atoms with E-state index >= 15 is 0 Å². The van der Waals surface area contributed by atoms with E-state index in [0.717, 1.165) is 36.2 Å². The predicted molar refractivity (Wildman–Crippen MR) is 84.9 cm³/mol. The van der Waals surface area contributed by atoms with Gasteiger partial charge in [-0.3, -0.25) is 4.90 Å². The van der Waals surface area contributed by atoms with Crippen molar-refractivity contribution in [3.05, 3.63) is 46.6 Å². The van der Waals surface area contributed by atoms with Crippen LogP contribution in [0.4, 0.5) is 0 Å². The molecule has 116 valence electrons. The second-order valence-corrected chi connectivity index (χ2v) is 6.79. The molecule has 1 aromatic carbocycles. The molecule has 2 aromatic rings. The smallest absolute Gasteiger partial charge is 0.229 e. The first-order valence-electron chi connectivity index (χ1n) is 8.09. The zero-order chi connectivity index (χ0) is 14.9. The Morgan fingerprint density at radius 1 is 1.23 bits per heavy atom. The van der Waals surface area contributed by atoms with Gasteiger partial charge in [-0.2, -0.15) is 4.98 Å². The minimum absolute atomic E-state index is 0.516. The molecule has 0 bridgehead atoms. The molecule has 4 rings (SSSR count). The highest BCUT2D eigenvalue weighted by molar-refractivity contribution is 6.31. The van der Waals surface area contributed by atoms with Crippen molar-refractivity contribution in [2.45, 2.75) is 50.6 Å². The number of hydrogen-bond donors (Lipinski definition) is 0. The van der Waals surface area contributed by atoms with Crippen molar-refractivity contribution in [2.75, 3.05) is 6.54 Å². The van der Waals surface area contributed by atoms with Crippen LogP contribution < -0.4 is 0 Å². The molecule has 0 N–H and O–H groups in total. The molecule has 1 unspecified atom stereocenters. The Bertz CT molecular complexity index is 653. The Balaban J connectivity index is 1.43. The number of halogens is 1. The Hall–Kier alpha value is -1.39. The summed E-state index contributed by atoms with van der Waals surface area (Å²) in [6.07, 6.45) is 5.81. The number of rotatable bonds is 5. The van der Waals surface area contributed by atoms with Crippen LogP contribution in [0, 0.1) is 0 Å². The van der Waals surface area contributed by atoms with Crippen LogP contribution >= 0.6 is 11.6 Å². The molecule has 1 saturated carbocycles. The van der Waals surface area contributed by atoms with Gasteiger partial charge in [-0.1, -0.05) is 35.0 Å². The summed E-state index contributed by atoms with van der Waals surface area (Å²) in [5.41, 5.74) is 1.23. The molecular weight excluding hydrogens is 298 g/mol. The third-order valence-corrected chi connectivity index (χ3v) is 5.04. The topological polar surface area (TPSA) is 42.2 Å². The summed E-state index contributed by atoms with van der Waals surface area (Å²) in [7, 11) is 0.